The fourth-order valence-electron chi connectivity index (χ4n) is 2.94. The van der Waals surface area contributed by atoms with E-state index in [4.69, 9.17) is 4.74 Å². The molecule has 0 heterocycles. The normalized spacial score (nSPS) is 20.7. The summed E-state index contributed by atoms with van der Waals surface area (Å²) in [6.07, 6.45) is 7.70. The number of ether oxygens (including phenoxy) is 1. The summed E-state index contributed by atoms with van der Waals surface area (Å²) in [6, 6.07) is 3.94. The topological polar surface area (TPSA) is 26.3 Å². The summed E-state index contributed by atoms with van der Waals surface area (Å²) in [7, 11) is 1.45. The van der Waals surface area contributed by atoms with Gasteiger partial charge in [0.25, 0.3) is 0 Å². The van der Waals surface area contributed by atoms with Gasteiger partial charge in [-0.1, -0.05) is 18.2 Å². The highest BCUT2D eigenvalue weighted by molar-refractivity contribution is 5.92. The van der Waals surface area contributed by atoms with Crippen molar-refractivity contribution in [2.75, 3.05) is 7.11 Å². The quantitative estimate of drug-likeness (QED) is 0.672. The molecule has 2 nitrogen and oxygen atoms in total. The second kappa shape index (κ2) is 3.48. The highest BCUT2D eigenvalue weighted by Crippen LogP contribution is 2.42. The lowest BCUT2D eigenvalue weighted by atomic mass is 9.87. The minimum absolute atomic E-state index is 0.201. The monoisotopic (exact) mass is 214 g/mol. The average Bonchev–Trinajstić information content (AvgIpc) is 2.75. The molecule has 0 radical (unpaired) electrons. The van der Waals surface area contributed by atoms with Crippen LogP contribution in [0.4, 0.5) is 0 Å². The molecule has 1 aromatic rings. The van der Waals surface area contributed by atoms with Gasteiger partial charge >= 0.3 is 5.97 Å². The molecule has 2 heteroatoms. The summed E-state index contributed by atoms with van der Waals surface area (Å²) in [5, 5.41) is 0. The highest BCUT2D eigenvalue weighted by atomic mass is 16.5. The van der Waals surface area contributed by atoms with E-state index in [1.54, 1.807) is 0 Å². The first-order valence-electron chi connectivity index (χ1n) is 5.72. The molecule has 0 aromatic heterocycles. The lowest BCUT2D eigenvalue weighted by molar-refractivity contribution is 0.0599. The Balaban J connectivity index is 2.19. The Labute approximate surface area is 94.9 Å². The largest absolute Gasteiger partial charge is 0.465 e. The summed E-state index contributed by atoms with van der Waals surface area (Å²) in [4.78, 5) is 11.7. The molecule has 1 unspecified atom stereocenters. The third kappa shape index (κ3) is 1.22. The standard InChI is InChI=1S/C14H14O2/c1-16-14(15)12-8-6-10-4-2-3-9-5-7-11(12)13(9)10/h2,4,6,8-9H,3,5,7H2,1H3. The van der Waals surface area contributed by atoms with E-state index in [1.165, 1.54) is 30.2 Å². The van der Waals surface area contributed by atoms with Crippen molar-refractivity contribution in [3.05, 3.63) is 40.5 Å². The molecule has 16 heavy (non-hydrogen) atoms. The molecule has 1 aromatic carbocycles. The zero-order valence-corrected chi connectivity index (χ0v) is 9.32. The van der Waals surface area contributed by atoms with Crippen LogP contribution in [-0.2, 0) is 11.2 Å². The zero-order chi connectivity index (χ0) is 11.1. The molecular formula is C14H14O2. The lowest BCUT2D eigenvalue weighted by Gasteiger charge is -2.18. The van der Waals surface area contributed by atoms with Crippen LogP contribution >= 0.6 is 0 Å². The van der Waals surface area contributed by atoms with Crippen LogP contribution in [0.2, 0.25) is 0 Å². The average molecular weight is 214 g/mol. The predicted octanol–water partition coefficient (Wildman–Crippen LogP) is 2.92. The Morgan fingerprint density at radius 3 is 3.12 bits per heavy atom. The van der Waals surface area contributed by atoms with Crippen LogP contribution in [0.3, 0.4) is 0 Å². The smallest absolute Gasteiger partial charge is 0.338 e. The van der Waals surface area contributed by atoms with E-state index in [9.17, 15) is 4.79 Å². The highest BCUT2D eigenvalue weighted by Gasteiger charge is 2.29. The number of hydrogen-bond acceptors (Lipinski definition) is 2. The van der Waals surface area contributed by atoms with E-state index in [2.05, 4.69) is 12.2 Å². The van der Waals surface area contributed by atoms with Gasteiger partial charge in [0.2, 0.25) is 0 Å². The van der Waals surface area contributed by atoms with Crippen LogP contribution in [-0.4, -0.2) is 13.1 Å². The van der Waals surface area contributed by atoms with Gasteiger partial charge < -0.3 is 4.74 Å². The van der Waals surface area contributed by atoms with Crippen LogP contribution in [0.5, 0.6) is 0 Å². The molecule has 0 amide bonds. The summed E-state index contributed by atoms with van der Waals surface area (Å²) in [5.74, 6) is 0.424. The fourth-order valence-corrected chi connectivity index (χ4v) is 2.94. The fraction of sp³-hybridized carbons (Fsp3) is 0.357. The van der Waals surface area contributed by atoms with Crippen LogP contribution in [0.25, 0.3) is 6.08 Å². The third-order valence-electron chi connectivity index (χ3n) is 3.67. The first-order valence-corrected chi connectivity index (χ1v) is 5.72. The van der Waals surface area contributed by atoms with Gasteiger partial charge in [-0.25, -0.2) is 4.79 Å². The van der Waals surface area contributed by atoms with Crippen LogP contribution in [0.15, 0.2) is 18.2 Å². The summed E-state index contributed by atoms with van der Waals surface area (Å²) < 4.78 is 4.83. The van der Waals surface area contributed by atoms with Crippen molar-refractivity contribution in [1.29, 1.82) is 0 Å². The molecule has 0 bridgehead atoms. The van der Waals surface area contributed by atoms with Crippen molar-refractivity contribution >= 4 is 12.0 Å². The number of carbonyl (C=O) groups is 1. The molecule has 0 spiro atoms. The molecule has 0 fully saturated rings. The van der Waals surface area contributed by atoms with Crippen molar-refractivity contribution < 1.29 is 9.53 Å². The van der Waals surface area contributed by atoms with Crippen molar-refractivity contribution in [3.63, 3.8) is 0 Å². The molecule has 82 valence electrons. The zero-order valence-electron chi connectivity index (χ0n) is 9.32. The molecule has 2 aliphatic carbocycles. The van der Waals surface area contributed by atoms with Gasteiger partial charge in [0.15, 0.2) is 0 Å². The van der Waals surface area contributed by atoms with Gasteiger partial charge in [-0.15, -0.1) is 0 Å². The number of benzene rings is 1. The summed E-state index contributed by atoms with van der Waals surface area (Å²) >= 11 is 0. The first kappa shape index (κ1) is 9.64. The number of esters is 1. The molecule has 1 atom stereocenters. The Morgan fingerprint density at radius 1 is 1.44 bits per heavy atom. The Bertz CT molecular complexity index is 486. The molecule has 2 aliphatic rings. The lowest BCUT2D eigenvalue weighted by Crippen LogP contribution is -2.07. The van der Waals surface area contributed by atoms with Crippen LogP contribution in [0.1, 0.15) is 45.8 Å². The van der Waals surface area contributed by atoms with E-state index in [0.717, 1.165) is 18.4 Å². The van der Waals surface area contributed by atoms with Crippen molar-refractivity contribution in [1.82, 2.24) is 0 Å². The second-order valence-electron chi connectivity index (χ2n) is 4.46. The van der Waals surface area contributed by atoms with Crippen molar-refractivity contribution in [2.24, 2.45) is 0 Å². The Kier molecular flexibility index (Phi) is 2.10. The van der Waals surface area contributed by atoms with Gasteiger partial charge in [-0.05, 0) is 47.9 Å². The van der Waals surface area contributed by atoms with E-state index < -0.39 is 0 Å². The summed E-state index contributed by atoms with van der Waals surface area (Å²) in [6.45, 7) is 0. The van der Waals surface area contributed by atoms with E-state index >= 15 is 0 Å². The van der Waals surface area contributed by atoms with Crippen molar-refractivity contribution in [3.8, 4) is 0 Å². The van der Waals surface area contributed by atoms with E-state index in [0.29, 0.717) is 5.92 Å². The minimum atomic E-state index is -0.201. The van der Waals surface area contributed by atoms with Gasteiger partial charge in [0, 0.05) is 0 Å². The number of allylic oxidation sites excluding steroid dienone is 1. The third-order valence-corrected chi connectivity index (χ3v) is 3.67. The van der Waals surface area contributed by atoms with Gasteiger partial charge in [0.05, 0.1) is 12.7 Å². The first-order chi connectivity index (χ1) is 7.81. The molecule has 0 saturated carbocycles. The molecule has 0 N–H and O–H groups in total. The maximum Gasteiger partial charge on any atom is 0.338 e. The van der Waals surface area contributed by atoms with Gasteiger partial charge in [-0.2, -0.15) is 0 Å². The number of rotatable bonds is 1. The molecule has 0 saturated heterocycles. The van der Waals surface area contributed by atoms with Gasteiger partial charge in [-0.3, -0.25) is 0 Å². The van der Waals surface area contributed by atoms with Crippen LogP contribution < -0.4 is 0 Å². The van der Waals surface area contributed by atoms with Gasteiger partial charge in [0.1, 0.15) is 0 Å². The number of methoxy groups -OCH3 is 1. The molecular weight excluding hydrogens is 200 g/mol. The second-order valence-corrected chi connectivity index (χ2v) is 4.46. The van der Waals surface area contributed by atoms with E-state index in [1.807, 2.05) is 12.1 Å². The SMILES string of the molecule is COC(=O)c1ccc2c3c1CCC3CC=C2. The number of carbonyl (C=O) groups excluding carboxylic acids is 1. The predicted molar refractivity (Wildman–Crippen MR) is 62.5 cm³/mol. The Morgan fingerprint density at radius 2 is 2.31 bits per heavy atom. The summed E-state index contributed by atoms with van der Waals surface area (Å²) in [5.41, 5.74) is 4.67. The molecule has 3 rings (SSSR count). The molecule has 0 aliphatic heterocycles. The maximum absolute atomic E-state index is 11.7. The van der Waals surface area contributed by atoms with Crippen molar-refractivity contribution in [2.45, 2.75) is 25.2 Å². The van der Waals surface area contributed by atoms with E-state index in [-0.39, 0.29) is 5.97 Å². The Hall–Kier alpha value is -1.57. The maximum atomic E-state index is 11.7. The minimum Gasteiger partial charge on any atom is -0.465 e. The van der Waals surface area contributed by atoms with Crippen LogP contribution in [0, 0.1) is 0 Å². The number of hydrogen-bond donors (Lipinski definition) is 0.